The van der Waals surface area contributed by atoms with Crippen molar-refractivity contribution in [2.75, 3.05) is 65.4 Å². The van der Waals surface area contributed by atoms with Crippen LogP contribution in [0.5, 0.6) is 0 Å². The lowest BCUT2D eigenvalue weighted by Crippen LogP contribution is -2.52. The van der Waals surface area contributed by atoms with Crippen molar-refractivity contribution < 1.29 is 9.59 Å². The first-order chi connectivity index (χ1) is 9.27. The molecule has 0 spiro atoms. The maximum Gasteiger partial charge on any atom is 0.311 e. The lowest BCUT2D eigenvalue weighted by atomic mass is 10.3. The number of piperazine rings is 2. The zero-order valence-corrected chi connectivity index (χ0v) is 11.3. The minimum atomic E-state index is -0.475. The molecule has 0 aromatic rings. The number of rotatable bonds is 3. The predicted molar refractivity (Wildman–Crippen MR) is 71.8 cm³/mol. The third kappa shape index (κ3) is 4.45. The van der Waals surface area contributed by atoms with E-state index in [0.717, 1.165) is 45.8 Å². The lowest BCUT2D eigenvalue weighted by molar-refractivity contribution is -0.146. The van der Waals surface area contributed by atoms with Gasteiger partial charge in [-0.25, -0.2) is 0 Å². The Kier molecular flexibility index (Phi) is 5.56. The highest BCUT2D eigenvalue weighted by atomic mass is 16.2. The minimum Gasteiger partial charge on any atom is -0.347 e. The number of hydrogen-bond donors (Lipinski definition) is 3. The normalized spacial score (nSPS) is 21.2. The third-order valence-corrected chi connectivity index (χ3v) is 3.52. The molecule has 3 N–H and O–H groups in total. The van der Waals surface area contributed by atoms with Crippen LogP contribution in [0.15, 0.2) is 0 Å². The molecule has 19 heavy (non-hydrogen) atoms. The molecule has 7 heteroatoms. The summed E-state index contributed by atoms with van der Waals surface area (Å²) >= 11 is 0. The number of carbonyl (C=O) groups is 2. The van der Waals surface area contributed by atoms with Crippen molar-refractivity contribution in [2.45, 2.75) is 0 Å². The Morgan fingerprint density at radius 2 is 1.53 bits per heavy atom. The van der Waals surface area contributed by atoms with Crippen molar-refractivity contribution >= 4 is 11.8 Å². The summed E-state index contributed by atoms with van der Waals surface area (Å²) in [6, 6.07) is 0. The molecule has 7 nitrogen and oxygen atoms in total. The average molecular weight is 269 g/mol. The molecule has 0 aromatic carbocycles. The monoisotopic (exact) mass is 269 g/mol. The molecule has 0 aromatic heterocycles. The Balaban J connectivity index is 1.64. The Morgan fingerprint density at radius 1 is 0.947 bits per heavy atom. The van der Waals surface area contributed by atoms with Crippen LogP contribution >= 0.6 is 0 Å². The first kappa shape index (κ1) is 14.2. The summed E-state index contributed by atoms with van der Waals surface area (Å²) in [5.74, 6) is -0.876. The highest BCUT2D eigenvalue weighted by Gasteiger charge is 2.22. The average Bonchev–Trinajstić information content (AvgIpc) is 2.48. The van der Waals surface area contributed by atoms with E-state index in [0.29, 0.717) is 19.6 Å². The zero-order chi connectivity index (χ0) is 13.5. The Morgan fingerprint density at radius 3 is 2.16 bits per heavy atom. The fraction of sp³-hybridized carbons (Fsp3) is 0.833. The van der Waals surface area contributed by atoms with Crippen LogP contribution in [0, 0.1) is 0 Å². The maximum atomic E-state index is 11.8. The standard InChI is InChI=1S/C12H23N5O2/c18-11(12(19)17-9-3-14-4-10-17)15-5-8-16-6-1-13-2-7-16/h13-14H,1-10H2,(H,15,18). The molecule has 0 unspecified atom stereocenters. The predicted octanol–water partition coefficient (Wildman–Crippen LogP) is -2.56. The van der Waals surface area contributed by atoms with E-state index in [1.165, 1.54) is 0 Å². The van der Waals surface area contributed by atoms with Crippen LogP contribution in [-0.2, 0) is 9.59 Å². The Bertz CT molecular complexity index is 311. The number of nitrogens with one attached hydrogen (secondary N) is 3. The quantitative estimate of drug-likeness (QED) is 0.491. The second kappa shape index (κ2) is 7.42. The molecule has 2 heterocycles. The SMILES string of the molecule is O=C(NCCN1CCNCC1)C(=O)N1CCNCC1. The molecule has 2 saturated heterocycles. The summed E-state index contributed by atoms with van der Waals surface area (Å²) in [6.45, 7) is 8.09. The summed E-state index contributed by atoms with van der Waals surface area (Å²) in [5, 5.41) is 9.15. The molecule has 0 radical (unpaired) electrons. The van der Waals surface area contributed by atoms with Gasteiger partial charge in [0.1, 0.15) is 0 Å². The van der Waals surface area contributed by atoms with E-state index in [1.807, 2.05) is 0 Å². The number of amides is 2. The first-order valence-electron chi connectivity index (χ1n) is 6.98. The van der Waals surface area contributed by atoms with E-state index >= 15 is 0 Å². The highest BCUT2D eigenvalue weighted by Crippen LogP contribution is 1.94. The van der Waals surface area contributed by atoms with Gasteiger partial charge < -0.3 is 20.9 Å². The van der Waals surface area contributed by atoms with E-state index < -0.39 is 11.8 Å². The van der Waals surface area contributed by atoms with Crippen molar-refractivity contribution in [3.8, 4) is 0 Å². The summed E-state index contributed by atoms with van der Waals surface area (Å²) in [4.78, 5) is 27.5. The summed E-state index contributed by atoms with van der Waals surface area (Å²) in [6.07, 6.45) is 0. The van der Waals surface area contributed by atoms with Gasteiger partial charge in [-0.2, -0.15) is 0 Å². The molecule has 108 valence electrons. The fourth-order valence-electron chi connectivity index (χ4n) is 2.35. The van der Waals surface area contributed by atoms with Gasteiger partial charge in [-0.15, -0.1) is 0 Å². The second-order valence-electron chi connectivity index (χ2n) is 4.89. The van der Waals surface area contributed by atoms with E-state index in [4.69, 9.17) is 0 Å². The van der Waals surface area contributed by atoms with Crippen molar-refractivity contribution in [3.05, 3.63) is 0 Å². The highest BCUT2D eigenvalue weighted by molar-refractivity contribution is 6.35. The van der Waals surface area contributed by atoms with Crippen LogP contribution in [0.1, 0.15) is 0 Å². The van der Waals surface area contributed by atoms with Crippen LogP contribution in [0.2, 0.25) is 0 Å². The van der Waals surface area contributed by atoms with Crippen LogP contribution in [0.25, 0.3) is 0 Å². The van der Waals surface area contributed by atoms with E-state index in [9.17, 15) is 9.59 Å². The smallest absolute Gasteiger partial charge is 0.311 e. The largest absolute Gasteiger partial charge is 0.347 e. The molecule has 2 amide bonds. The molecule has 0 atom stereocenters. The maximum absolute atomic E-state index is 11.8. The second-order valence-corrected chi connectivity index (χ2v) is 4.89. The van der Waals surface area contributed by atoms with Gasteiger partial charge in [0.05, 0.1) is 0 Å². The van der Waals surface area contributed by atoms with Crippen molar-refractivity contribution in [3.63, 3.8) is 0 Å². The van der Waals surface area contributed by atoms with Gasteiger partial charge in [0, 0.05) is 65.4 Å². The van der Waals surface area contributed by atoms with Gasteiger partial charge in [-0.1, -0.05) is 0 Å². The van der Waals surface area contributed by atoms with Gasteiger partial charge in [0.2, 0.25) is 0 Å². The summed E-state index contributed by atoms with van der Waals surface area (Å²) < 4.78 is 0. The van der Waals surface area contributed by atoms with Gasteiger partial charge in [0.25, 0.3) is 0 Å². The molecule has 0 saturated carbocycles. The molecule has 2 rings (SSSR count). The minimum absolute atomic E-state index is 0.401. The van der Waals surface area contributed by atoms with Crippen LogP contribution in [0.3, 0.4) is 0 Å². The number of carbonyl (C=O) groups excluding carboxylic acids is 2. The zero-order valence-electron chi connectivity index (χ0n) is 11.3. The molecular weight excluding hydrogens is 246 g/mol. The molecule has 0 bridgehead atoms. The summed E-state index contributed by atoms with van der Waals surface area (Å²) in [5.41, 5.74) is 0. The van der Waals surface area contributed by atoms with Crippen LogP contribution in [0.4, 0.5) is 0 Å². The van der Waals surface area contributed by atoms with Gasteiger partial charge >= 0.3 is 11.8 Å². The van der Waals surface area contributed by atoms with Crippen molar-refractivity contribution in [1.29, 1.82) is 0 Å². The van der Waals surface area contributed by atoms with Gasteiger partial charge in [0.15, 0.2) is 0 Å². The Hall–Kier alpha value is -1.18. The molecule has 2 aliphatic heterocycles. The first-order valence-corrected chi connectivity index (χ1v) is 6.98. The topological polar surface area (TPSA) is 76.7 Å². The molecular formula is C12H23N5O2. The molecule has 2 aliphatic rings. The van der Waals surface area contributed by atoms with Crippen LogP contribution in [-0.4, -0.2) is 87.1 Å². The molecule has 0 aliphatic carbocycles. The Labute approximate surface area is 113 Å². The third-order valence-electron chi connectivity index (χ3n) is 3.52. The van der Waals surface area contributed by atoms with Crippen LogP contribution < -0.4 is 16.0 Å². The fourth-order valence-corrected chi connectivity index (χ4v) is 2.35. The summed E-state index contributed by atoms with van der Waals surface area (Å²) in [7, 11) is 0. The van der Waals surface area contributed by atoms with Crippen molar-refractivity contribution in [1.82, 2.24) is 25.8 Å². The molecule has 2 fully saturated rings. The van der Waals surface area contributed by atoms with E-state index in [2.05, 4.69) is 20.9 Å². The van der Waals surface area contributed by atoms with E-state index in [1.54, 1.807) is 4.90 Å². The lowest BCUT2D eigenvalue weighted by Gasteiger charge is -2.28. The van der Waals surface area contributed by atoms with Crippen molar-refractivity contribution in [2.24, 2.45) is 0 Å². The van der Waals surface area contributed by atoms with Gasteiger partial charge in [-0.3, -0.25) is 14.5 Å². The number of nitrogens with zero attached hydrogens (tertiary/aromatic N) is 2. The van der Waals surface area contributed by atoms with E-state index in [-0.39, 0.29) is 0 Å². The van der Waals surface area contributed by atoms with Gasteiger partial charge in [-0.05, 0) is 0 Å². The number of hydrogen-bond acceptors (Lipinski definition) is 5.